The molecule has 0 aliphatic rings. The summed E-state index contributed by atoms with van der Waals surface area (Å²) in [7, 11) is 0. The molecular formula is C65H121NO5. The Labute approximate surface area is 442 Å². The van der Waals surface area contributed by atoms with E-state index >= 15 is 0 Å². The van der Waals surface area contributed by atoms with Crippen LogP contribution >= 0.6 is 0 Å². The van der Waals surface area contributed by atoms with Gasteiger partial charge >= 0.3 is 5.97 Å². The number of hydrogen-bond acceptors (Lipinski definition) is 5. The lowest BCUT2D eigenvalue weighted by molar-refractivity contribution is -0.143. The summed E-state index contributed by atoms with van der Waals surface area (Å²) in [6.45, 7) is 4.86. The van der Waals surface area contributed by atoms with Crippen LogP contribution in [0.3, 0.4) is 0 Å². The van der Waals surface area contributed by atoms with E-state index in [9.17, 15) is 19.8 Å². The van der Waals surface area contributed by atoms with Crippen LogP contribution in [-0.2, 0) is 14.3 Å². The number of esters is 1. The average molecular weight is 997 g/mol. The molecule has 6 heteroatoms. The topological polar surface area (TPSA) is 95.9 Å². The van der Waals surface area contributed by atoms with Gasteiger partial charge in [0.2, 0.25) is 5.91 Å². The zero-order valence-electron chi connectivity index (χ0n) is 47.5. The van der Waals surface area contributed by atoms with Crippen molar-refractivity contribution in [2.75, 3.05) is 13.2 Å². The lowest BCUT2D eigenvalue weighted by atomic mass is 10.0. The first-order valence-corrected chi connectivity index (χ1v) is 31.4. The van der Waals surface area contributed by atoms with Crippen LogP contribution in [-0.4, -0.2) is 47.4 Å². The van der Waals surface area contributed by atoms with Crippen molar-refractivity contribution < 1.29 is 24.5 Å². The van der Waals surface area contributed by atoms with Crippen molar-refractivity contribution in [1.82, 2.24) is 5.32 Å². The molecule has 71 heavy (non-hydrogen) atoms. The molecule has 0 rings (SSSR count). The number of carbonyl (C=O) groups excluding carboxylic acids is 2. The summed E-state index contributed by atoms with van der Waals surface area (Å²) in [5, 5.41) is 23.2. The summed E-state index contributed by atoms with van der Waals surface area (Å²) in [6.07, 6.45) is 77.2. The van der Waals surface area contributed by atoms with E-state index in [4.69, 9.17) is 4.74 Å². The molecule has 3 N–H and O–H groups in total. The van der Waals surface area contributed by atoms with Gasteiger partial charge in [-0.1, -0.05) is 274 Å². The van der Waals surface area contributed by atoms with Crippen LogP contribution in [0.25, 0.3) is 0 Å². The second-order valence-electron chi connectivity index (χ2n) is 21.4. The van der Waals surface area contributed by atoms with Crippen LogP contribution < -0.4 is 5.32 Å². The number of aliphatic hydroxyl groups is 2. The minimum Gasteiger partial charge on any atom is -0.466 e. The predicted molar refractivity (Wildman–Crippen MR) is 310 cm³/mol. The molecule has 0 aliphatic heterocycles. The molecule has 0 aromatic carbocycles. The Morgan fingerprint density at radius 2 is 0.704 bits per heavy atom. The summed E-state index contributed by atoms with van der Waals surface area (Å²) in [4.78, 5) is 24.5. The molecule has 0 aliphatic carbocycles. The van der Waals surface area contributed by atoms with Gasteiger partial charge in [-0.25, -0.2) is 0 Å². The van der Waals surface area contributed by atoms with Crippen molar-refractivity contribution in [1.29, 1.82) is 0 Å². The Bertz CT molecular complexity index is 1190. The molecule has 0 bridgehead atoms. The minimum atomic E-state index is -0.855. The number of nitrogens with one attached hydrogen (secondary N) is 1. The predicted octanol–water partition coefficient (Wildman–Crippen LogP) is 19.7. The molecule has 0 aromatic rings. The zero-order chi connectivity index (χ0) is 51.4. The van der Waals surface area contributed by atoms with Gasteiger partial charge in [-0.2, -0.15) is 0 Å². The first-order valence-electron chi connectivity index (χ1n) is 31.4. The number of unbranched alkanes of at least 4 members (excludes halogenated alkanes) is 41. The van der Waals surface area contributed by atoms with E-state index in [2.05, 4.69) is 55.6 Å². The van der Waals surface area contributed by atoms with Gasteiger partial charge in [0, 0.05) is 12.8 Å². The van der Waals surface area contributed by atoms with Crippen LogP contribution in [0, 0.1) is 0 Å². The van der Waals surface area contributed by atoms with Crippen LogP contribution in [0.15, 0.2) is 48.6 Å². The van der Waals surface area contributed by atoms with Crippen molar-refractivity contribution in [3.63, 3.8) is 0 Å². The van der Waals surface area contributed by atoms with E-state index in [-0.39, 0.29) is 18.5 Å². The lowest BCUT2D eigenvalue weighted by Gasteiger charge is -2.20. The first kappa shape index (κ1) is 68.8. The fourth-order valence-electron chi connectivity index (χ4n) is 9.48. The number of aliphatic hydroxyl groups excluding tert-OH is 2. The maximum absolute atomic E-state index is 12.5. The summed E-state index contributed by atoms with van der Waals surface area (Å²) < 4.78 is 5.46. The second kappa shape index (κ2) is 60.4. The second-order valence-corrected chi connectivity index (χ2v) is 21.4. The highest BCUT2D eigenvalue weighted by molar-refractivity contribution is 5.76. The van der Waals surface area contributed by atoms with Gasteiger partial charge in [0.05, 0.1) is 25.4 Å². The van der Waals surface area contributed by atoms with Crippen molar-refractivity contribution in [3.05, 3.63) is 48.6 Å². The van der Waals surface area contributed by atoms with Gasteiger partial charge in [-0.15, -0.1) is 0 Å². The zero-order valence-corrected chi connectivity index (χ0v) is 47.5. The van der Waals surface area contributed by atoms with Crippen LogP contribution in [0.4, 0.5) is 0 Å². The van der Waals surface area contributed by atoms with Gasteiger partial charge < -0.3 is 20.3 Å². The summed E-state index contributed by atoms with van der Waals surface area (Å²) in [6, 6.07) is -0.639. The Morgan fingerprint density at radius 1 is 0.394 bits per heavy atom. The summed E-state index contributed by atoms with van der Waals surface area (Å²) in [5.41, 5.74) is 0. The highest BCUT2D eigenvalue weighted by atomic mass is 16.5. The Balaban J connectivity index is 3.50. The number of hydrogen-bond donors (Lipinski definition) is 3. The minimum absolute atomic E-state index is 0.0168. The van der Waals surface area contributed by atoms with Gasteiger partial charge in [0.15, 0.2) is 0 Å². The van der Waals surface area contributed by atoms with Crippen LogP contribution in [0.5, 0.6) is 0 Å². The molecule has 0 heterocycles. The monoisotopic (exact) mass is 996 g/mol. The molecular weight excluding hydrogens is 875 g/mol. The summed E-state index contributed by atoms with van der Waals surface area (Å²) >= 11 is 0. The fourth-order valence-corrected chi connectivity index (χ4v) is 9.48. The Hall–Kier alpha value is -2.18. The molecule has 2 atom stereocenters. The quantitative estimate of drug-likeness (QED) is 0.0321. The van der Waals surface area contributed by atoms with Gasteiger partial charge in [-0.3, -0.25) is 9.59 Å². The Kier molecular flexibility index (Phi) is 58.5. The van der Waals surface area contributed by atoms with Gasteiger partial charge in [0.1, 0.15) is 0 Å². The summed E-state index contributed by atoms with van der Waals surface area (Å²) in [5.74, 6) is -0.0952. The maximum atomic E-state index is 12.5. The normalized spacial score (nSPS) is 12.9. The molecule has 416 valence electrons. The molecule has 6 nitrogen and oxygen atoms in total. The lowest BCUT2D eigenvalue weighted by Crippen LogP contribution is -2.45. The van der Waals surface area contributed by atoms with Gasteiger partial charge in [0.25, 0.3) is 0 Å². The third-order valence-electron chi connectivity index (χ3n) is 14.3. The third-order valence-corrected chi connectivity index (χ3v) is 14.3. The van der Waals surface area contributed by atoms with E-state index in [1.165, 1.54) is 238 Å². The molecule has 0 radical (unpaired) electrons. The molecule has 0 spiro atoms. The molecule has 0 saturated heterocycles. The smallest absolute Gasteiger partial charge is 0.305 e. The van der Waals surface area contributed by atoms with E-state index in [1.54, 1.807) is 6.08 Å². The van der Waals surface area contributed by atoms with Crippen molar-refractivity contribution in [2.24, 2.45) is 0 Å². The number of carbonyl (C=O) groups is 2. The van der Waals surface area contributed by atoms with Crippen molar-refractivity contribution >= 4 is 11.9 Å². The third kappa shape index (κ3) is 57.0. The van der Waals surface area contributed by atoms with E-state index < -0.39 is 12.1 Å². The number of amides is 1. The number of allylic oxidation sites excluding steroid dienone is 7. The molecule has 0 aromatic heterocycles. The Morgan fingerprint density at radius 3 is 1.11 bits per heavy atom. The SMILES string of the molecule is CCCCC/C=C\C/C=C\CCCCCCCC(=O)OCCCCCCCC/C=C\CCCCCCCCCC(=O)NC(CO)C(O)/C=C/CCCCCCCCCCCCCCCCCCCCCC. The molecule has 1 amide bonds. The average Bonchev–Trinajstić information content (AvgIpc) is 3.37. The van der Waals surface area contributed by atoms with Crippen molar-refractivity contribution in [3.8, 4) is 0 Å². The standard InChI is InChI=1S/C65H121NO5/c1-3-5-7-9-11-13-15-17-19-20-21-22-23-24-26-30-33-37-41-45-49-53-57-63(68)62(61-67)66-64(69)58-54-50-46-42-38-34-31-27-25-28-32-36-40-44-48-52-56-60-71-65(70)59-55-51-47-43-39-35-29-18-16-14-12-10-8-6-4-2/h12,14,18,25,28-29,53,57,62-63,67-68H,3-11,13,15-17,19-24,26-27,30-52,54-56,58-61H2,1-2H3,(H,66,69)/b14-12-,28-25-,29-18-,57-53+. The largest absolute Gasteiger partial charge is 0.466 e. The molecule has 0 fully saturated rings. The molecule has 0 saturated carbocycles. The molecule has 2 unspecified atom stereocenters. The number of rotatable bonds is 58. The van der Waals surface area contributed by atoms with Crippen molar-refractivity contribution in [2.45, 2.75) is 341 Å². The van der Waals surface area contributed by atoms with E-state index in [0.717, 1.165) is 64.2 Å². The number of ether oxygens (including phenoxy) is 1. The van der Waals surface area contributed by atoms with Crippen LogP contribution in [0.1, 0.15) is 328 Å². The first-order chi connectivity index (χ1) is 35.0. The van der Waals surface area contributed by atoms with Gasteiger partial charge in [-0.05, 0) is 89.9 Å². The maximum Gasteiger partial charge on any atom is 0.305 e. The fraction of sp³-hybridized carbons (Fsp3) is 0.846. The van der Waals surface area contributed by atoms with E-state index in [0.29, 0.717) is 19.4 Å². The van der Waals surface area contributed by atoms with Crippen LogP contribution in [0.2, 0.25) is 0 Å². The van der Waals surface area contributed by atoms with E-state index in [1.807, 2.05) is 6.08 Å². The highest BCUT2D eigenvalue weighted by Crippen LogP contribution is 2.17. The highest BCUT2D eigenvalue weighted by Gasteiger charge is 2.18.